The molecule has 1 aromatic rings. The van der Waals surface area contributed by atoms with Crippen molar-refractivity contribution in [2.45, 2.75) is 19.5 Å². The van der Waals surface area contributed by atoms with Gasteiger partial charge in [0.05, 0.1) is 12.1 Å². The third-order valence-electron chi connectivity index (χ3n) is 2.52. The molecule has 0 radical (unpaired) electrons. The highest BCUT2D eigenvalue weighted by atomic mass is 35.5. The number of hydrogen-bond acceptors (Lipinski definition) is 4. The first kappa shape index (κ1) is 16.4. The number of ether oxygens (including phenoxy) is 1. The SMILES string of the molecule is COC(=O)C(CNCc1ccc(F)c(Cl)c1)NC(C)=O. The molecule has 0 fully saturated rings. The normalized spacial score (nSPS) is 11.8. The van der Waals surface area contributed by atoms with Crippen molar-refractivity contribution in [2.75, 3.05) is 13.7 Å². The third kappa shape index (κ3) is 5.14. The van der Waals surface area contributed by atoms with Crippen LogP contribution in [0.1, 0.15) is 12.5 Å². The summed E-state index contributed by atoms with van der Waals surface area (Å²) in [6.07, 6.45) is 0. The minimum atomic E-state index is -0.770. The van der Waals surface area contributed by atoms with Gasteiger partial charge in [-0.15, -0.1) is 0 Å². The van der Waals surface area contributed by atoms with Gasteiger partial charge in [0.2, 0.25) is 5.91 Å². The van der Waals surface area contributed by atoms with Gasteiger partial charge in [-0.2, -0.15) is 0 Å². The molecule has 0 bridgehead atoms. The van der Waals surface area contributed by atoms with Gasteiger partial charge in [0.15, 0.2) is 0 Å². The summed E-state index contributed by atoms with van der Waals surface area (Å²) in [5.74, 6) is -1.35. The lowest BCUT2D eigenvalue weighted by Crippen LogP contribution is -2.46. The first-order chi connectivity index (χ1) is 9.43. The Kier molecular flexibility index (Phi) is 6.41. The lowest BCUT2D eigenvalue weighted by atomic mass is 10.2. The minimum absolute atomic E-state index is 0.0377. The van der Waals surface area contributed by atoms with Crippen LogP contribution in [0.2, 0.25) is 5.02 Å². The second-order valence-corrected chi connectivity index (χ2v) is 4.56. The van der Waals surface area contributed by atoms with Gasteiger partial charge in [-0.05, 0) is 17.7 Å². The Morgan fingerprint density at radius 2 is 2.15 bits per heavy atom. The molecule has 5 nitrogen and oxygen atoms in total. The fourth-order valence-corrected chi connectivity index (χ4v) is 1.79. The van der Waals surface area contributed by atoms with Crippen molar-refractivity contribution in [3.63, 3.8) is 0 Å². The number of hydrogen-bond donors (Lipinski definition) is 2. The summed E-state index contributed by atoms with van der Waals surface area (Å²) in [7, 11) is 1.25. The molecule has 0 aliphatic heterocycles. The Hall–Kier alpha value is -1.66. The van der Waals surface area contributed by atoms with Crippen molar-refractivity contribution in [3.05, 3.63) is 34.6 Å². The molecule has 0 aliphatic rings. The molecule has 1 rings (SSSR count). The minimum Gasteiger partial charge on any atom is -0.467 e. The highest BCUT2D eigenvalue weighted by Gasteiger charge is 2.19. The zero-order valence-corrected chi connectivity index (χ0v) is 12.0. The van der Waals surface area contributed by atoms with E-state index in [2.05, 4.69) is 15.4 Å². The summed E-state index contributed by atoms with van der Waals surface area (Å²) in [6.45, 7) is 1.89. The number of methoxy groups -OCH3 is 1. The Labute approximate surface area is 121 Å². The van der Waals surface area contributed by atoms with Gasteiger partial charge in [-0.1, -0.05) is 17.7 Å². The van der Waals surface area contributed by atoms with E-state index in [4.69, 9.17) is 11.6 Å². The van der Waals surface area contributed by atoms with E-state index in [1.807, 2.05) is 0 Å². The van der Waals surface area contributed by atoms with Gasteiger partial charge in [0, 0.05) is 20.0 Å². The van der Waals surface area contributed by atoms with E-state index in [1.165, 1.54) is 26.2 Å². The van der Waals surface area contributed by atoms with Crippen LogP contribution in [0.5, 0.6) is 0 Å². The third-order valence-corrected chi connectivity index (χ3v) is 2.81. The molecule has 7 heteroatoms. The van der Waals surface area contributed by atoms with Crippen LogP contribution in [0, 0.1) is 5.82 Å². The van der Waals surface area contributed by atoms with E-state index in [0.29, 0.717) is 6.54 Å². The summed E-state index contributed by atoms with van der Waals surface area (Å²) in [4.78, 5) is 22.4. The number of benzene rings is 1. The van der Waals surface area contributed by atoms with E-state index >= 15 is 0 Å². The van der Waals surface area contributed by atoms with E-state index in [0.717, 1.165) is 5.56 Å². The highest BCUT2D eigenvalue weighted by Crippen LogP contribution is 2.15. The quantitative estimate of drug-likeness (QED) is 0.776. The monoisotopic (exact) mass is 302 g/mol. The lowest BCUT2D eigenvalue weighted by molar-refractivity contribution is -0.144. The van der Waals surface area contributed by atoms with Crippen molar-refractivity contribution < 1.29 is 18.7 Å². The predicted molar refractivity (Wildman–Crippen MR) is 72.7 cm³/mol. The molecule has 20 heavy (non-hydrogen) atoms. The molecule has 0 saturated carbocycles. The first-order valence-electron chi connectivity index (χ1n) is 5.93. The van der Waals surface area contributed by atoms with Crippen LogP contribution >= 0.6 is 11.6 Å². The van der Waals surface area contributed by atoms with Gasteiger partial charge in [0.25, 0.3) is 0 Å². The van der Waals surface area contributed by atoms with Crippen molar-refractivity contribution in [3.8, 4) is 0 Å². The van der Waals surface area contributed by atoms with Crippen molar-refractivity contribution >= 4 is 23.5 Å². The molecule has 1 atom stereocenters. The number of esters is 1. The molecule has 2 N–H and O–H groups in total. The van der Waals surface area contributed by atoms with Crippen LogP contribution in [-0.2, 0) is 20.9 Å². The Balaban J connectivity index is 2.53. The fraction of sp³-hybridized carbons (Fsp3) is 0.385. The van der Waals surface area contributed by atoms with Gasteiger partial charge in [-0.25, -0.2) is 9.18 Å². The summed E-state index contributed by atoms with van der Waals surface area (Å²) in [6, 6.07) is 3.58. The van der Waals surface area contributed by atoms with E-state index in [-0.39, 0.29) is 17.5 Å². The van der Waals surface area contributed by atoms with E-state index in [1.54, 1.807) is 6.07 Å². The first-order valence-corrected chi connectivity index (χ1v) is 6.31. The van der Waals surface area contributed by atoms with Crippen molar-refractivity contribution in [1.29, 1.82) is 0 Å². The smallest absolute Gasteiger partial charge is 0.329 e. The fourth-order valence-electron chi connectivity index (χ4n) is 1.59. The van der Waals surface area contributed by atoms with Crippen LogP contribution < -0.4 is 10.6 Å². The van der Waals surface area contributed by atoms with Crippen molar-refractivity contribution in [1.82, 2.24) is 10.6 Å². The van der Waals surface area contributed by atoms with Crippen molar-refractivity contribution in [2.24, 2.45) is 0 Å². The molecule has 1 amide bonds. The van der Waals surface area contributed by atoms with Crippen LogP contribution in [0.4, 0.5) is 4.39 Å². The van der Waals surface area contributed by atoms with Crippen LogP contribution in [0.25, 0.3) is 0 Å². The van der Waals surface area contributed by atoms with Gasteiger partial charge < -0.3 is 15.4 Å². The molecule has 0 spiro atoms. The number of amides is 1. The van der Waals surface area contributed by atoms with Crippen LogP contribution in [0.3, 0.4) is 0 Å². The molecule has 1 aromatic carbocycles. The molecular formula is C13H16ClFN2O3. The second-order valence-electron chi connectivity index (χ2n) is 4.16. The molecule has 0 heterocycles. The van der Waals surface area contributed by atoms with Crippen LogP contribution in [-0.4, -0.2) is 31.6 Å². The second kappa shape index (κ2) is 7.81. The summed E-state index contributed by atoms with van der Waals surface area (Å²) in [5.41, 5.74) is 0.767. The Morgan fingerprint density at radius 3 is 2.70 bits per heavy atom. The summed E-state index contributed by atoms with van der Waals surface area (Å²) in [5, 5.41) is 5.49. The topological polar surface area (TPSA) is 67.4 Å². The molecule has 0 saturated heterocycles. The molecule has 0 aliphatic carbocycles. The number of carbonyl (C=O) groups excluding carboxylic acids is 2. The summed E-state index contributed by atoms with van der Waals surface area (Å²) >= 11 is 5.66. The Bertz CT molecular complexity index is 497. The van der Waals surface area contributed by atoms with E-state index < -0.39 is 17.8 Å². The van der Waals surface area contributed by atoms with Crippen LogP contribution in [0.15, 0.2) is 18.2 Å². The standard InChI is InChI=1S/C13H16ClFN2O3/c1-8(18)17-12(13(19)20-2)7-16-6-9-3-4-11(15)10(14)5-9/h3-5,12,16H,6-7H2,1-2H3,(H,17,18). The highest BCUT2D eigenvalue weighted by molar-refractivity contribution is 6.30. The zero-order valence-electron chi connectivity index (χ0n) is 11.2. The molecular weight excluding hydrogens is 287 g/mol. The number of nitrogens with one attached hydrogen (secondary N) is 2. The average Bonchev–Trinajstić information content (AvgIpc) is 2.40. The lowest BCUT2D eigenvalue weighted by Gasteiger charge is -2.16. The maximum Gasteiger partial charge on any atom is 0.329 e. The number of carbonyl (C=O) groups is 2. The summed E-state index contributed by atoms with van der Waals surface area (Å²) < 4.78 is 17.6. The number of halogens is 2. The van der Waals surface area contributed by atoms with E-state index in [9.17, 15) is 14.0 Å². The average molecular weight is 303 g/mol. The van der Waals surface area contributed by atoms with Gasteiger partial charge >= 0.3 is 5.97 Å². The zero-order chi connectivity index (χ0) is 15.1. The Morgan fingerprint density at radius 1 is 1.45 bits per heavy atom. The number of rotatable bonds is 6. The van der Waals surface area contributed by atoms with Gasteiger partial charge in [-0.3, -0.25) is 4.79 Å². The largest absolute Gasteiger partial charge is 0.467 e. The maximum atomic E-state index is 13.0. The molecule has 110 valence electrons. The van der Waals surface area contributed by atoms with Gasteiger partial charge in [0.1, 0.15) is 11.9 Å². The molecule has 1 unspecified atom stereocenters. The molecule has 0 aromatic heterocycles. The maximum absolute atomic E-state index is 13.0. The predicted octanol–water partition coefficient (Wildman–Crippen LogP) is 1.25.